The van der Waals surface area contributed by atoms with Crippen LogP contribution in [0.5, 0.6) is 0 Å². The maximum absolute atomic E-state index is 12.5. The van der Waals surface area contributed by atoms with Crippen LogP contribution in [0.3, 0.4) is 0 Å². The molecule has 7 nitrogen and oxygen atoms in total. The Kier molecular flexibility index (Phi) is 8.88. The van der Waals surface area contributed by atoms with Crippen molar-refractivity contribution in [2.24, 2.45) is 0 Å². The number of carbonyl (C=O) groups excluding carboxylic acids is 1. The fraction of sp³-hybridized carbons (Fsp3) is 0.444. The van der Waals surface area contributed by atoms with E-state index in [0.717, 1.165) is 18.7 Å². The molecule has 0 aliphatic carbocycles. The van der Waals surface area contributed by atoms with E-state index in [1.807, 2.05) is 24.8 Å². The Morgan fingerprint density at radius 1 is 1.37 bits per heavy atom. The van der Waals surface area contributed by atoms with E-state index in [1.165, 1.54) is 0 Å². The zero-order valence-corrected chi connectivity index (χ0v) is 17.0. The molecule has 27 heavy (non-hydrogen) atoms. The Balaban J connectivity index is 0.00000182. The molecule has 0 bridgehead atoms. The molecule has 0 unspecified atom stereocenters. The standard InChI is InChI=1S/C18H23N5O2.2ClH/c1-12-10-20-8-9-23(12)16(24)6-5-15-13(2)21-17(22-18(15)25)14-4-3-7-19-11-14;;/h3-4,7,11-12,20H,5-6,8-10H2,1-2H3,(H,21,22,25);2*1H/t12-;;/m0../s1. The minimum absolute atomic E-state index is 0. The van der Waals surface area contributed by atoms with Gasteiger partial charge in [-0.05, 0) is 32.4 Å². The number of amides is 1. The number of aromatic amines is 1. The lowest BCUT2D eigenvalue weighted by atomic mass is 10.1. The van der Waals surface area contributed by atoms with Crippen LogP contribution < -0.4 is 10.9 Å². The van der Waals surface area contributed by atoms with Gasteiger partial charge in [-0.3, -0.25) is 14.6 Å². The number of halogens is 2. The lowest BCUT2D eigenvalue weighted by Crippen LogP contribution is -2.52. The van der Waals surface area contributed by atoms with Crippen LogP contribution in [0.15, 0.2) is 29.3 Å². The zero-order valence-electron chi connectivity index (χ0n) is 15.4. The van der Waals surface area contributed by atoms with Gasteiger partial charge in [0.1, 0.15) is 5.82 Å². The predicted molar refractivity (Wildman–Crippen MR) is 110 cm³/mol. The van der Waals surface area contributed by atoms with E-state index in [0.29, 0.717) is 36.5 Å². The Bertz CT molecular complexity index is 813. The average molecular weight is 414 g/mol. The number of carbonyl (C=O) groups is 1. The summed E-state index contributed by atoms with van der Waals surface area (Å²) in [5.74, 6) is 0.588. The van der Waals surface area contributed by atoms with Crippen molar-refractivity contribution in [3.8, 4) is 11.4 Å². The quantitative estimate of drug-likeness (QED) is 0.796. The number of aryl methyl sites for hydroxylation is 1. The topological polar surface area (TPSA) is 91.0 Å². The molecule has 3 heterocycles. The SMILES string of the molecule is Cc1nc(-c2cccnc2)[nH]c(=O)c1CCC(=O)N1CCNC[C@@H]1C.Cl.Cl. The van der Waals surface area contributed by atoms with Gasteiger partial charge < -0.3 is 15.2 Å². The molecule has 2 aromatic heterocycles. The van der Waals surface area contributed by atoms with Crippen LogP contribution >= 0.6 is 24.8 Å². The highest BCUT2D eigenvalue weighted by atomic mass is 35.5. The molecule has 1 aliphatic heterocycles. The molecular weight excluding hydrogens is 389 g/mol. The Morgan fingerprint density at radius 2 is 2.15 bits per heavy atom. The zero-order chi connectivity index (χ0) is 17.8. The van der Waals surface area contributed by atoms with E-state index in [9.17, 15) is 9.59 Å². The Hall–Kier alpha value is -1.96. The summed E-state index contributed by atoms with van der Waals surface area (Å²) < 4.78 is 0. The number of rotatable bonds is 4. The third kappa shape index (κ3) is 5.51. The van der Waals surface area contributed by atoms with E-state index in [-0.39, 0.29) is 42.3 Å². The third-order valence-corrected chi connectivity index (χ3v) is 4.57. The predicted octanol–water partition coefficient (Wildman–Crippen LogP) is 1.74. The van der Waals surface area contributed by atoms with Crippen molar-refractivity contribution in [1.29, 1.82) is 0 Å². The van der Waals surface area contributed by atoms with Gasteiger partial charge in [-0.15, -0.1) is 24.8 Å². The summed E-state index contributed by atoms with van der Waals surface area (Å²) in [6.07, 6.45) is 4.05. The first-order valence-electron chi connectivity index (χ1n) is 8.56. The smallest absolute Gasteiger partial charge is 0.254 e. The molecule has 0 aromatic carbocycles. The van der Waals surface area contributed by atoms with Crippen LogP contribution in [0.2, 0.25) is 0 Å². The van der Waals surface area contributed by atoms with Crippen LogP contribution in [0, 0.1) is 6.92 Å². The number of hydrogen-bond acceptors (Lipinski definition) is 5. The Morgan fingerprint density at radius 3 is 2.78 bits per heavy atom. The highest BCUT2D eigenvalue weighted by molar-refractivity contribution is 5.85. The molecule has 0 saturated carbocycles. The normalized spacial score (nSPS) is 16.2. The maximum atomic E-state index is 12.5. The van der Waals surface area contributed by atoms with Crippen molar-refractivity contribution < 1.29 is 4.79 Å². The molecule has 9 heteroatoms. The molecule has 1 aliphatic rings. The second-order valence-corrected chi connectivity index (χ2v) is 6.36. The van der Waals surface area contributed by atoms with Gasteiger partial charge in [0.25, 0.3) is 5.56 Å². The average Bonchev–Trinajstić information content (AvgIpc) is 2.62. The highest BCUT2D eigenvalue weighted by Gasteiger charge is 2.23. The van der Waals surface area contributed by atoms with E-state index in [4.69, 9.17) is 0 Å². The molecule has 1 atom stereocenters. The van der Waals surface area contributed by atoms with Gasteiger partial charge in [-0.1, -0.05) is 0 Å². The number of H-pyrrole nitrogens is 1. The molecular formula is C18H25Cl2N5O2. The molecule has 1 fully saturated rings. The van der Waals surface area contributed by atoms with Gasteiger partial charge in [-0.25, -0.2) is 4.98 Å². The lowest BCUT2D eigenvalue weighted by molar-refractivity contribution is -0.133. The van der Waals surface area contributed by atoms with Crippen molar-refractivity contribution in [2.45, 2.75) is 32.7 Å². The van der Waals surface area contributed by atoms with Crippen LogP contribution in [-0.2, 0) is 11.2 Å². The van der Waals surface area contributed by atoms with Crippen LogP contribution in [0.25, 0.3) is 11.4 Å². The van der Waals surface area contributed by atoms with Gasteiger partial charge in [0.15, 0.2) is 0 Å². The fourth-order valence-electron chi connectivity index (χ4n) is 3.13. The summed E-state index contributed by atoms with van der Waals surface area (Å²) in [5.41, 5.74) is 1.81. The maximum Gasteiger partial charge on any atom is 0.254 e. The van der Waals surface area contributed by atoms with Gasteiger partial charge in [-0.2, -0.15) is 0 Å². The van der Waals surface area contributed by atoms with Crippen molar-refractivity contribution in [2.75, 3.05) is 19.6 Å². The molecule has 0 radical (unpaired) electrons. The van der Waals surface area contributed by atoms with Gasteiger partial charge >= 0.3 is 0 Å². The van der Waals surface area contributed by atoms with Crippen LogP contribution in [0.4, 0.5) is 0 Å². The van der Waals surface area contributed by atoms with Crippen molar-refractivity contribution >= 4 is 30.7 Å². The van der Waals surface area contributed by atoms with Crippen molar-refractivity contribution in [3.05, 3.63) is 46.1 Å². The molecule has 1 amide bonds. The third-order valence-electron chi connectivity index (χ3n) is 4.57. The highest BCUT2D eigenvalue weighted by Crippen LogP contribution is 2.14. The summed E-state index contributed by atoms with van der Waals surface area (Å²) >= 11 is 0. The summed E-state index contributed by atoms with van der Waals surface area (Å²) in [6.45, 7) is 6.19. The van der Waals surface area contributed by atoms with Gasteiger partial charge in [0, 0.05) is 61.3 Å². The number of aromatic nitrogens is 3. The molecule has 148 valence electrons. The molecule has 0 spiro atoms. The molecule has 3 rings (SSSR count). The minimum atomic E-state index is -0.187. The molecule has 2 N–H and O–H groups in total. The van der Waals surface area contributed by atoms with Crippen LogP contribution in [0.1, 0.15) is 24.6 Å². The summed E-state index contributed by atoms with van der Waals surface area (Å²) in [6, 6.07) is 3.83. The minimum Gasteiger partial charge on any atom is -0.337 e. The first-order valence-corrected chi connectivity index (χ1v) is 8.56. The van der Waals surface area contributed by atoms with Gasteiger partial charge in [0.2, 0.25) is 5.91 Å². The number of piperazine rings is 1. The number of nitrogens with zero attached hydrogens (tertiary/aromatic N) is 3. The molecule has 1 saturated heterocycles. The van der Waals surface area contributed by atoms with E-state index < -0.39 is 0 Å². The number of nitrogens with one attached hydrogen (secondary N) is 2. The van der Waals surface area contributed by atoms with E-state index in [1.54, 1.807) is 18.5 Å². The van der Waals surface area contributed by atoms with E-state index >= 15 is 0 Å². The van der Waals surface area contributed by atoms with Gasteiger partial charge in [0.05, 0.1) is 0 Å². The number of pyridine rings is 1. The first-order chi connectivity index (χ1) is 12.1. The lowest BCUT2D eigenvalue weighted by Gasteiger charge is -2.34. The summed E-state index contributed by atoms with van der Waals surface area (Å²) in [4.78, 5) is 38.1. The van der Waals surface area contributed by atoms with Crippen molar-refractivity contribution in [1.82, 2.24) is 25.2 Å². The second kappa shape index (κ2) is 10.4. The summed E-state index contributed by atoms with van der Waals surface area (Å²) in [5, 5.41) is 3.27. The van der Waals surface area contributed by atoms with Crippen molar-refractivity contribution in [3.63, 3.8) is 0 Å². The fourth-order valence-corrected chi connectivity index (χ4v) is 3.13. The molecule has 2 aromatic rings. The monoisotopic (exact) mass is 413 g/mol. The number of hydrogen-bond donors (Lipinski definition) is 2. The summed E-state index contributed by atoms with van der Waals surface area (Å²) in [7, 11) is 0. The Labute approximate surface area is 170 Å². The van der Waals surface area contributed by atoms with Crippen LogP contribution in [-0.4, -0.2) is 51.4 Å². The second-order valence-electron chi connectivity index (χ2n) is 6.36. The van der Waals surface area contributed by atoms with E-state index in [2.05, 4.69) is 20.3 Å². The largest absolute Gasteiger partial charge is 0.337 e. The first kappa shape index (κ1) is 23.1.